The zero-order chi connectivity index (χ0) is 29.8. The van der Waals surface area contributed by atoms with Crippen LogP contribution in [-0.4, -0.2) is 55.1 Å². The van der Waals surface area contributed by atoms with Gasteiger partial charge in [0.1, 0.15) is 9.79 Å². The Morgan fingerprint density at radius 2 is 1.15 bits per heavy atom. The largest absolute Gasteiger partial charge is 0.465 e. The lowest BCUT2D eigenvalue weighted by Crippen LogP contribution is -2.13. The van der Waals surface area contributed by atoms with E-state index in [1.54, 1.807) is 6.07 Å². The number of rotatable bonds is 6. The molecule has 2 aliphatic rings. The Labute approximate surface area is 233 Å². The van der Waals surface area contributed by atoms with Crippen molar-refractivity contribution < 1.29 is 39.9 Å². The van der Waals surface area contributed by atoms with Gasteiger partial charge in [-0.15, -0.1) is 0 Å². The first kappa shape index (κ1) is 31.5. The summed E-state index contributed by atoms with van der Waals surface area (Å²) in [6, 6.07) is 5.69. The number of aliphatic imine (C=N–C) groups is 1. The molecule has 2 aromatic rings. The fourth-order valence-electron chi connectivity index (χ4n) is 5.53. The van der Waals surface area contributed by atoms with Gasteiger partial charge in [-0.2, -0.15) is 0 Å². The molecule has 40 heavy (non-hydrogen) atoms. The molecular weight excluding hydrogens is 564 g/mol. The molecule has 0 unspecified atom stereocenters. The van der Waals surface area contributed by atoms with E-state index in [4.69, 9.17) is 0 Å². The number of methoxy groups -OCH3 is 1. The Balaban J connectivity index is 0.000000220. The van der Waals surface area contributed by atoms with Gasteiger partial charge in [0.15, 0.2) is 31.3 Å². The number of hydrogen-bond acceptors (Lipinski definition) is 7. The number of hydrogen-bond donors (Lipinski definition) is 0. The van der Waals surface area contributed by atoms with Crippen molar-refractivity contribution in [1.82, 2.24) is 0 Å². The first-order valence-corrected chi connectivity index (χ1v) is 16.6. The Bertz CT molecular complexity index is 1520. The summed E-state index contributed by atoms with van der Waals surface area (Å²) in [7, 11) is -6.37. The van der Waals surface area contributed by atoms with Crippen molar-refractivity contribution in [2.45, 2.75) is 73.0 Å². The average Bonchev–Trinajstić information content (AvgIpc) is 3.61. The number of nitrogens with zero attached hydrogens (tertiary/aromatic N) is 1. The van der Waals surface area contributed by atoms with Crippen LogP contribution in [0.3, 0.4) is 0 Å². The lowest BCUT2D eigenvalue weighted by molar-refractivity contribution is 0.0594. The minimum absolute atomic E-state index is 0.0371. The fraction of sp³-hybridized carbons (Fsp3) is 0.464. The van der Waals surface area contributed by atoms with Gasteiger partial charge in [0.05, 0.1) is 18.2 Å². The van der Waals surface area contributed by atoms with Crippen LogP contribution in [0.5, 0.6) is 0 Å². The topological polar surface area (TPSA) is 124 Å². The molecule has 2 aromatic carbocycles. The van der Waals surface area contributed by atoms with Crippen LogP contribution in [0.2, 0.25) is 0 Å². The van der Waals surface area contributed by atoms with Crippen LogP contribution >= 0.6 is 0 Å². The second kappa shape index (κ2) is 12.7. The summed E-state index contributed by atoms with van der Waals surface area (Å²) in [5, 5.41) is 0. The molecule has 0 heterocycles. The Morgan fingerprint density at radius 1 is 0.775 bits per heavy atom. The molecule has 0 atom stereocenters. The second-order valence-electron chi connectivity index (χ2n) is 10.2. The molecule has 218 valence electrons. The molecule has 0 aliphatic heterocycles. The fourth-order valence-corrected chi connectivity index (χ4v) is 7.73. The second-order valence-corrected chi connectivity index (χ2v) is 14.1. The Hall–Kier alpha value is -2.99. The minimum Gasteiger partial charge on any atom is -0.465 e. The van der Waals surface area contributed by atoms with E-state index in [1.807, 2.05) is 0 Å². The molecule has 8 nitrogen and oxygen atoms in total. The molecule has 0 aromatic heterocycles. The highest BCUT2D eigenvalue weighted by Gasteiger charge is 2.31. The van der Waals surface area contributed by atoms with Gasteiger partial charge in [-0.3, -0.25) is 4.79 Å². The molecule has 2 fully saturated rings. The predicted octanol–water partition coefficient (Wildman–Crippen LogP) is 5.40. The van der Waals surface area contributed by atoms with Gasteiger partial charge in [-0.05, 0) is 67.5 Å². The third-order valence-electron chi connectivity index (χ3n) is 7.37. The summed E-state index contributed by atoms with van der Waals surface area (Å²) >= 11 is 0. The third-order valence-corrected chi connectivity index (χ3v) is 9.68. The molecule has 0 bridgehead atoms. The Morgan fingerprint density at radius 3 is 1.50 bits per heavy atom. The van der Waals surface area contributed by atoms with Gasteiger partial charge >= 0.3 is 5.97 Å². The SMILES string of the molecule is C=NC(=O)c1ccc(C2CCCC2)c(S(C)(=O)=O)c1F.COC(=O)c1ccc(C2CCCC2)c(S(C)(=O)=O)c1F. The van der Waals surface area contributed by atoms with E-state index < -0.39 is 43.2 Å². The number of halogens is 2. The van der Waals surface area contributed by atoms with E-state index in [0.717, 1.165) is 71.0 Å². The maximum Gasteiger partial charge on any atom is 0.340 e. The van der Waals surface area contributed by atoms with E-state index in [-0.39, 0.29) is 32.8 Å². The van der Waals surface area contributed by atoms with Gasteiger partial charge in [0, 0.05) is 12.5 Å². The average molecular weight is 598 g/mol. The van der Waals surface area contributed by atoms with Crippen molar-refractivity contribution in [2.24, 2.45) is 4.99 Å². The smallest absolute Gasteiger partial charge is 0.340 e. The van der Waals surface area contributed by atoms with Crippen molar-refractivity contribution in [3.8, 4) is 0 Å². The summed E-state index contributed by atoms with van der Waals surface area (Å²) < 4.78 is 80.9. The maximum atomic E-state index is 14.4. The van der Waals surface area contributed by atoms with Crippen molar-refractivity contribution in [3.63, 3.8) is 0 Å². The normalized spacial score (nSPS) is 16.3. The summed E-state index contributed by atoms with van der Waals surface area (Å²) in [4.78, 5) is 25.4. The van der Waals surface area contributed by atoms with Crippen molar-refractivity contribution in [1.29, 1.82) is 0 Å². The zero-order valence-corrected chi connectivity index (χ0v) is 24.3. The Kier molecular flexibility index (Phi) is 9.99. The van der Waals surface area contributed by atoms with E-state index in [0.29, 0.717) is 11.1 Å². The first-order chi connectivity index (χ1) is 18.7. The quantitative estimate of drug-likeness (QED) is 0.323. The molecule has 0 saturated heterocycles. The molecule has 1 amide bonds. The summed E-state index contributed by atoms with van der Waals surface area (Å²) in [6.07, 6.45) is 9.32. The molecule has 0 spiro atoms. The highest BCUT2D eigenvalue weighted by atomic mass is 32.2. The van der Waals surface area contributed by atoms with Crippen LogP contribution in [-0.2, 0) is 24.4 Å². The summed E-state index contributed by atoms with van der Waals surface area (Å²) in [5.74, 6) is -3.65. The van der Waals surface area contributed by atoms with E-state index in [9.17, 15) is 35.2 Å². The molecule has 2 saturated carbocycles. The third kappa shape index (κ3) is 6.83. The minimum atomic E-state index is -3.76. The molecule has 12 heteroatoms. The maximum absolute atomic E-state index is 14.4. The van der Waals surface area contributed by atoms with Gasteiger partial charge in [0.25, 0.3) is 5.91 Å². The van der Waals surface area contributed by atoms with E-state index in [1.165, 1.54) is 18.2 Å². The molecule has 0 radical (unpaired) electrons. The zero-order valence-electron chi connectivity index (χ0n) is 22.7. The predicted molar refractivity (Wildman–Crippen MR) is 147 cm³/mol. The number of sulfone groups is 2. The van der Waals surface area contributed by atoms with Crippen LogP contribution in [0, 0.1) is 11.6 Å². The highest BCUT2D eigenvalue weighted by Crippen LogP contribution is 2.40. The lowest BCUT2D eigenvalue weighted by atomic mass is 9.96. The van der Waals surface area contributed by atoms with Crippen molar-refractivity contribution in [2.75, 3.05) is 19.6 Å². The highest BCUT2D eigenvalue weighted by molar-refractivity contribution is 7.91. The van der Waals surface area contributed by atoms with Crippen LogP contribution in [0.25, 0.3) is 0 Å². The number of carbonyl (C=O) groups excluding carboxylic acids is 2. The summed E-state index contributed by atoms with van der Waals surface area (Å²) in [6.45, 7) is 3.05. The van der Waals surface area contributed by atoms with Crippen molar-refractivity contribution in [3.05, 3.63) is 58.2 Å². The van der Waals surface area contributed by atoms with Crippen molar-refractivity contribution >= 4 is 38.3 Å². The standard InChI is InChI=1S/C14H16FNO3S.C14H17FO4S/c1-16-14(17)11-8-7-10(9-5-3-4-6-9)13(12(11)15)20(2,18)19;1-19-14(16)11-8-7-10(9-5-3-4-6-9)13(12(11)15)20(2,17)18/h7-9H,1,3-6H2,2H3;7-9H,3-6H2,1-2H3. The number of esters is 1. The first-order valence-electron chi connectivity index (χ1n) is 12.9. The summed E-state index contributed by atoms with van der Waals surface area (Å²) in [5.41, 5.74) is 0.273. The van der Waals surface area contributed by atoms with Crippen LogP contribution in [0.4, 0.5) is 8.78 Å². The van der Waals surface area contributed by atoms with Gasteiger partial charge in [0.2, 0.25) is 0 Å². The van der Waals surface area contributed by atoms with E-state index in [2.05, 4.69) is 16.4 Å². The molecule has 4 rings (SSSR count). The lowest BCUT2D eigenvalue weighted by Gasteiger charge is -2.16. The van der Waals surface area contributed by atoms with Crippen LogP contribution in [0.1, 0.15) is 95.0 Å². The van der Waals surface area contributed by atoms with Crippen LogP contribution in [0.15, 0.2) is 39.0 Å². The van der Waals surface area contributed by atoms with Gasteiger partial charge < -0.3 is 4.74 Å². The molecule has 0 N–H and O–H groups in total. The number of carbonyl (C=O) groups is 2. The van der Waals surface area contributed by atoms with Gasteiger partial charge in [-0.1, -0.05) is 37.8 Å². The van der Waals surface area contributed by atoms with Gasteiger partial charge in [-0.25, -0.2) is 35.4 Å². The van der Waals surface area contributed by atoms with Crippen LogP contribution < -0.4 is 0 Å². The monoisotopic (exact) mass is 597 g/mol. The van der Waals surface area contributed by atoms with E-state index >= 15 is 0 Å². The number of amides is 1. The molecule has 2 aliphatic carbocycles. The number of benzene rings is 2. The number of ether oxygens (including phenoxy) is 1. The molecular formula is C28H33F2NO7S2.